The fourth-order valence-corrected chi connectivity index (χ4v) is 5.76. The Morgan fingerprint density at radius 2 is 1.77 bits per heavy atom. The van der Waals surface area contributed by atoms with Gasteiger partial charge in [-0.05, 0) is 36.4 Å². The highest BCUT2D eigenvalue weighted by Gasteiger charge is 2.26. The van der Waals surface area contributed by atoms with Crippen molar-refractivity contribution in [3.63, 3.8) is 0 Å². The summed E-state index contributed by atoms with van der Waals surface area (Å²) in [5.74, 6) is 0.376. The van der Waals surface area contributed by atoms with Crippen LogP contribution in [-0.2, 0) is 15.8 Å². The van der Waals surface area contributed by atoms with Crippen LogP contribution in [-0.4, -0.2) is 27.3 Å². The van der Waals surface area contributed by atoms with Gasteiger partial charge in [-0.2, -0.15) is 0 Å². The summed E-state index contributed by atoms with van der Waals surface area (Å²) in [4.78, 5) is 18.9. The molecule has 0 amide bonds. The van der Waals surface area contributed by atoms with Crippen LogP contribution in [0.4, 0.5) is 5.69 Å². The van der Waals surface area contributed by atoms with Crippen molar-refractivity contribution in [1.82, 2.24) is 13.9 Å². The van der Waals surface area contributed by atoms with Gasteiger partial charge in [0.25, 0.3) is 15.7 Å². The molecule has 4 aromatic rings. The molecule has 158 valence electrons. The first kappa shape index (κ1) is 21.6. The predicted molar refractivity (Wildman–Crippen MR) is 119 cm³/mol. The predicted octanol–water partition coefficient (Wildman–Crippen LogP) is 5.18. The van der Waals surface area contributed by atoms with Crippen molar-refractivity contribution in [2.24, 2.45) is 0 Å². The van der Waals surface area contributed by atoms with E-state index in [1.807, 2.05) is 12.1 Å². The molecule has 2 aromatic heterocycles. The van der Waals surface area contributed by atoms with Crippen LogP contribution in [0.25, 0.3) is 11.0 Å². The van der Waals surface area contributed by atoms with E-state index >= 15 is 0 Å². The minimum Gasteiger partial charge on any atom is -0.260 e. The first-order chi connectivity index (χ1) is 14.8. The zero-order chi connectivity index (χ0) is 22.2. The number of pyridine rings is 1. The van der Waals surface area contributed by atoms with Crippen molar-refractivity contribution in [2.45, 2.75) is 15.8 Å². The third-order valence-electron chi connectivity index (χ3n) is 4.29. The maximum atomic E-state index is 13.5. The van der Waals surface area contributed by atoms with E-state index in [-0.39, 0.29) is 31.3 Å². The molecule has 0 aliphatic carbocycles. The Morgan fingerprint density at radius 1 is 1.06 bits per heavy atom. The lowest BCUT2D eigenvalue weighted by Gasteiger charge is -2.10. The van der Waals surface area contributed by atoms with Crippen LogP contribution in [0.5, 0.6) is 0 Å². The number of halogens is 2. The zero-order valence-electron chi connectivity index (χ0n) is 15.5. The summed E-state index contributed by atoms with van der Waals surface area (Å²) >= 11 is 13.4. The molecule has 12 heteroatoms. The number of imidazole rings is 1. The van der Waals surface area contributed by atoms with Crippen molar-refractivity contribution in [2.75, 3.05) is 0 Å². The highest BCUT2D eigenvalue weighted by molar-refractivity contribution is 7.99. The Labute approximate surface area is 191 Å². The number of hydrogen-bond donors (Lipinski definition) is 0. The smallest absolute Gasteiger partial charge is 0.260 e. The number of nitro benzene ring substituents is 1. The summed E-state index contributed by atoms with van der Waals surface area (Å²) in [7, 11) is -4.14. The van der Waals surface area contributed by atoms with Gasteiger partial charge in [-0.25, -0.2) is 17.4 Å². The Kier molecular flexibility index (Phi) is 5.89. The van der Waals surface area contributed by atoms with E-state index in [0.29, 0.717) is 11.3 Å². The number of nitrogens with zero attached hydrogens (tertiary/aromatic N) is 4. The van der Waals surface area contributed by atoms with Gasteiger partial charge in [0, 0.05) is 24.1 Å². The van der Waals surface area contributed by atoms with Gasteiger partial charge in [0.15, 0.2) is 5.16 Å². The molecule has 0 spiro atoms. The number of nitro groups is 1. The fourth-order valence-electron chi connectivity index (χ4n) is 2.82. The molecule has 0 atom stereocenters. The van der Waals surface area contributed by atoms with E-state index in [4.69, 9.17) is 23.2 Å². The quantitative estimate of drug-likeness (QED) is 0.206. The zero-order valence-corrected chi connectivity index (χ0v) is 18.6. The highest BCUT2D eigenvalue weighted by Crippen LogP contribution is 2.34. The molecule has 0 aliphatic heterocycles. The normalized spacial score (nSPS) is 11.7. The lowest BCUT2D eigenvalue weighted by atomic mass is 10.3. The molecule has 0 unspecified atom stereocenters. The van der Waals surface area contributed by atoms with Gasteiger partial charge in [-0.15, -0.1) is 0 Å². The molecule has 0 saturated carbocycles. The molecular formula is C19H12Cl2N4O4S2. The van der Waals surface area contributed by atoms with E-state index in [1.54, 1.807) is 12.3 Å². The molecule has 0 fully saturated rings. The fraction of sp³-hybridized carbons (Fsp3) is 0.0526. The first-order valence-corrected chi connectivity index (χ1v) is 11.9. The molecule has 8 nitrogen and oxygen atoms in total. The molecule has 2 heterocycles. The van der Waals surface area contributed by atoms with Gasteiger partial charge in [0.05, 0.1) is 36.6 Å². The largest absolute Gasteiger partial charge is 0.270 e. The van der Waals surface area contributed by atoms with Crippen LogP contribution in [0.2, 0.25) is 10.0 Å². The second kappa shape index (κ2) is 8.46. The van der Waals surface area contributed by atoms with Gasteiger partial charge in [-0.3, -0.25) is 15.1 Å². The Hall–Kier alpha value is -2.66. The monoisotopic (exact) mass is 494 g/mol. The van der Waals surface area contributed by atoms with Crippen molar-refractivity contribution < 1.29 is 13.3 Å². The molecule has 31 heavy (non-hydrogen) atoms. The Balaban J connectivity index is 1.85. The Morgan fingerprint density at radius 3 is 2.42 bits per heavy atom. The molecule has 0 radical (unpaired) electrons. The first-order valence-electron chi connectivity index (χ1n) is 8.67. The number of non-ortho nitro benzene ring substituents is 1. The van der Waals surface area contributed by atoms with Crippen LogP contribution >= 0.6 is 35.0 Å². The van der Waals surface area contributed by atoms with Crippen LogP contribution in [0.15, 0.2) is 70.8 Å². The second-order valence-corrected chi connectivity index (χ2v) is 9.82. The molecule has 0 bridgehead atoms. The molecule has 0 aliphatic rings. The standard InChI is InChI=1S/C19H12Cl2N4O4S2/c20-15-9-17-18(10-16(15)21)24(19(23-17)30-11-12-3-1-2-8-22-12)31(28,29)14-6-4-13(5-7-14)25(26)27/h1-10H,11H2. The molecule has 0 saturated heterocycles. The third-order valence-corrected chi connectivity index (χ3v) is 7.82. The van der Waals surface area contributed by atoms with E-state index in [0.717, 1.165) is 21.8 Å². The summed E-state index contributed by atoms with van der Waals surface area (Å²) in [5.41, 5.74) is 1.13. The maximum absolute atomic E-state index is 13.5. The second-order valence-electron chi connectivity index (χ2n) is 6.28. The number of hydrogen-bond acceptors (Lipinski definition) is 7. The summed E-state index contributed by atoms with van der Waals surface area (Å²) in [5, 5.41) is 11.5. The van der Waals surface area contributed by atoms with Gasteiger partial charge in [0.1, 0.15) is 0 Å². The van der Waals surface area contributed by atoms with Gasteiger partial charge >= 0.3 is 0 Å². The minimum atomic E-state index is -4.14. The average Bonchev–Trinajstić information content (AvgIpc) is 3.11. The minimum absolute atomic E-state index is 0.122. The molecular weight excluding hydrogens is 483 g/mol. The van der Waals surface area contributed by atoms with Crippen molar-refractivity contribution in [1.29, 1.82) is 0 Å². The summed E-state index contributed by atoms with van der Waals surface area (Å²) in [6.45, 7) is 0. The summed E-state index contributed by atoms with van der Waals surface area (Å²) < 4.78 is 28.0. The lowest BCUT2D eigenvalue weighted by Crippen LogP contribution is -2.14. The number of rotatable bonds is 6. The van der Waals surface area contributed by atoms with E-state index in [9.17, 15) is 18.5 Å². The van der Waals surface area contributed by atoms with E-state index in [1.165, 1.54) is 36.0 Å². The number of aromatic nitrogens is 3. The van der Waals surface area contributed by atoms with E-state index < -0.39 is 14.9 Å². The van der Waals surface area contributed by atoms with Crippen molar-refractivity contribution in [3.05, 3.63) is 86.6 Å². The summed E-state index contributed by atoms with van der Waals surface area (Å²) in [6, 6.07) is 13.0. The molecule has 2 aromatic carbocycles. The van der Waals surface area contributed by atoms with Crippen LogP contribution in [0, 0.1) is 10.1 Å². The van der Waals surface area contributed by atoms with Gasteiger partial charge < -0.3 is 0 Å². The lowest BCUT2D eigenvalue weighted by molar-refractivity contribution is -0.384. The average molecular weight is 495 g/mol. The van der Waals surface area contributed by atoms with Crippen LogP contribution < -0.4 is 0 Å². The topological polar surface area (TPSA) is 108 Å². The third kappa shape index (κ3) is 4.24. The van der Waals surface area contributed by atoms with E-state index in [2.05, 4.69) is 9.97 Å². The van der Waals surface area contributed by atoms with Crippen LogP contribution in [0.3, 0.4) is 0 Å². The van der Waals surface area contributed by atoms with Crippen molar-refractivity contribution >= 4 is 61.7 Å². The number of fused-ring (bicyclic) bond motifs is 1. The molecule has 0 N–H and O–H groups in total. The number of benzene rings is 2. The highest BCUT2D eigenvalue weighted by atomic mass is 35.5. The number of thioether (sulfide) groups is 1. The van der Waals surface area contributed by atoms with Crippen LogP contribution in [0.1, 0.15) is 5.69 Å². The summed E-state index contributed by atoms with van der Waals surface area (Å²) in [6.07, 6.45) is 1.64. The molecule has 4 rings (SSSR count). The SMILES string of the molecule is O=[N+]([O-])c1ccc(S(=O)(=O)n2c(SCc3ccccn3)nc3cc(Cl)c(Cl)cc32)cc1. The van der Waals surface area contributed by atoms with Crippen molar-refractivity contribution in [3.8, 4) is 0 Å². The van der Waals surface area contributed by atoms with Gasteiger partial charge in [0.2, 0.25) is 0 Å². The Bertz CT molecular complexity index is 1390. The van der Waals surface area contributed by atoms with Gasteiger partial charge in [-0.1, -0.05) is 41.0 Å². The maximum Gasteiger partial charge on any atom is 0.270 e.